The van der Waals surface area contributed by atoms with Crippen molar-refractivity contribution in [1.82, 2.24) is 19.2 Å². The molecule has 0 unspecified atom stereocenters. The summed E-state index contributed by atoms with van der Waals surface area (Å²) in [7, 11) is -3.58. The molecule has 1 N–H and O–H groups in total. The summed E-state index contributed by atoms with van der Waals surface area (Å²) in [5.41, 5.74) is 3.06. The number of carbonyl (C=O) groups excluding carboxylic acids is 1. The fourth-order valence-corrected chi connectivity index (χ4v) is 5.28. The van der Waals surface area contributed by atoms with Gasteiger partial charge in [0.15, 0.2) is 0 Å². The molecule has 0 radical (unpaired) electrons. The average molecular weight is 439 g/mol. The SMILES string of the molecule is Cc1ccc(S(=O)(=O)N2CCCCC2)cc1C(=O)NCc1ccc(-n2ccnc2)cc1. The minimum atomic E-state index is -3.58. The van der Waals surface area contributed by atoms with Gasteiger partial charge in [-0.15, -0.1) is 0 Å². The first-order valence-electron chi connectivity index (χ1n) is 10.4. The van der Waals surface area contributed by atoms with E-state index in [0.717, 1.165) is 36.1 Å². The fourth-order valence-electron chi connectivity index (χ4n) is 3.74. The zero-order chi connectivity index (χ0) is 21.8. The number of rotatable bonds is 6. The van der Waals surface area contributed by atoms with E-state index in [-0.39, 0.29) is 10.8 Å². The van der Waals surface area contributed by atoms with Gasteiger partial charge >= 0.3 is 0 Å². The summed E-state index contributed by atoms with van der Waals surface area (Å²) in [4.78, 5) is 17.0. The molecule has 1 aliphatic rings. The third-order valence-electron chi connectivity index (χ3n) is 5.60. The molecule has 8 heteroatoms. The van der Waals surface area contributed by atoms with Crippen LogP contribution in [-0.2, 0) is 16.6 Å². The Morgan fingerprint density at radius 2 is 1.81 bits per heavy atom. The number of hydrogen-bond donors (Lipinski definition) is 1. The number of hydrogen-bond acceptors (Lipinski definition) is 4. The average Bonchev–Trinajstić information content (AvgIpc) is 3.33. The maximum atomic E-state index is 13.0. The molecule has 1 amide bonds. The zero-order valence-electron chi connectivity index (χ0n) is 17.5. The van der Waals surface area contributed by atoms with E-state index in [9.17, 15) is 13.2 Å². The molecule has 2 heterocycles. The lowest BCUT2D eigenvalue weighted by molar-refractivity contribution is 0.0950. The van der Waals surface area contributed by atoms with E-state index in [2.05, 4.69) is 10.3 Å². The molecule has 31 heavy (non-hydrogen) atoms. The van der Waals surface area contributed by atoms with Gasteiger partial charge in [0.05, 0.1) is 11.2 Å². The van der Waals surface area contributed by atoms with Gasteiger partial charge in [0.25, 0.3) is 5.91 Å². The smallest absolute Gasteiger partial charge is 0.251 e. The molecular weight excluding hydrogens is 412 g/mol. The number of amides is 1. The zero-order valence-corrected chi connectivity index (χ0v) is 18.3. The Morgan fingerprint density at radius 3 is 2.48 bits per heavy atom. The van der Waals surface area contributed by atoms with Crippen LogP contribution >= 0.6 is 0 Å². The highest BCUT2D eigenvalue weighted by Gasteiger charge is 2.27. The van der Waals surface area contributed by atoms with Crippen LogP contribution in [0.3, 0.4) is 0 Å². The topological polar surface area (TPSA) is 84.3 Å². The number of piperidine rings is 1. The molecule has 0 spiro atoms. The number of carbonyl (C=O) groups is 1. The number of imidazole rings is 1. The lowest BCUT2D eigenvalue weighted by Crippen LogP contribution is -2.35. The summed E-state index contributed by atoms with van der Waals surface area (Å²) in [5.74, 6) is -0.285. The van der Waals surface area contributed by atoms with E-state index in [0.29, 0.717) is 25.2 Å². The molecule has 1 saturated heterocycles. The molecule has 2 aromatic carbocycles. The van der Waals surface area contributed by atoms with Crippen molar-refractivity contribution >= 4 is 15.9 Å². The van der Waals surface area contributed by atoms with Gasteiger partial charge in [-0.05, 0) is 55.2 Å². The van der Waals surface area contributed by atoms with Crippen molar-refractivity contribution in [3.63, 3.8) is 0 Å². The van der Waals surface area contributed by atoms with Gasteiger partial charge in [0.1, 0.15) is 0 Å². The van der Waals surface area contributed by atoms with Crippen LogP contribution < -0.4 is 5.32 Å². The normalized spacial score (nSPS) is 15.0. The lowest BCUT2D eigenvalue weighted by atomic mass is 10.1. The predicted molar refractivity (Wildman–Crippen MR) is 119 cm³/mol. The number of sulfonamides is 1. The molecule has 7 nitrogen and oxygen atoms in total. The number of benzene rings is 2. The van der Waals surface area contributed by atoms with Crippen LogP contribution in [0.1, 0.15) is 40.7 Å². The van der Waals surface area contributed by atoms with Gasteiger partial charge in [-0.2, -0.15) is 4.31 Å². The molecule has 4 rings (SSSR count). The number of aromatic nitrogens is 2. The fraction of sp³-hybridized carbons (Fsp3) is 0.304. The van der Waals surface area contributed by atoms with Crippen molar-refractivity contribution in [3.8, 4) is 5.69 Å². The van der Waals surface area contributed by atoms with E-state index >= 15 is 0 Å². The summed E-state index contributed by atoms with van der Waals surface area (Å²) in [6, 6.07) is 12.6. The Balaban J connectivity index is 1.46. The molecular formula is C23H26N4O3S. The minimum Gasteiger partial charge on any atom is -0.348 e. The van der Waals surface area contributed by atoms with Crippen molar-refractivity contribution in [3.05, 3.63) is 77.9 Å². The van der Waals surface area contributed by atoms with Gasteiger partial charge in [-0.3, -0.25) is 4.79 Å². The van der Waals surface area contributed by atoms with Crippen LogP contribution in [0.25, 0.3) is 5.69 Å². The van der Waals surface area contributed by atoms with Crippen LogP contribution in [0.5, 0.6) is 0 Å². The first kappa shape index (κ1) is 21.3. The highest BCUT2D eigenvalue weighted by atomic mass is 32.2. The first-order valence-corrected chi connectivity index (χ1v) is 11.9. The second-order valence-electron chi connectivity index (χ2n) is 7.76. The molecule has 1 aliphatic heterocycles. The Hall–Kier alpha value is -2.97. The molecule has 1 fully saturated rings. The Labute approximate surface area is 182 Å². The Morgan fingerprint density at radius 1 is 1.06 bits per heavy atom. The van der Waals surface area contributed by atoms with Crippen molar-refractivity contribution in [2.45, 2.75) is 37.6 Å². The van der Waals surface area contributed by atoms with Crippen LogP contribution in [0, 0.1) is 6.92 Å². The highest BCUT2D eigenvalue weighted by molar-refractivity contribution is 7.89. The van der Waals surface area contributed by atoms with Crippen molar-refractivity contribution in [1.29, 1.82) is 0 Å². The number of aryl methyl sites for hydroxylation is 1. The number of nitrogens with zero attached hydrogens (tertiary/aromatic N) is 3. The minimum absolute atomic E-state index is 0.176. The second-order valence-corrected chi connectivity index (χ2v) is 9.70. The first-order chi connectivity index (χ1) is 14.9. The maximum absolute atomic E-state index is 13.0. The molecule has 3 aromatic rings. The summed E-state index contributed by atoms with van der Waals surface area (Å²) in [6.07, 6.45) is 8.11. The van der Waals surface area contributed by atoms with E-state index < -0.39 is 10.0 Å². The standard InChI is InChI=1S/C23H26N4O3S/c1-18-5-10-21(31(29,30)27-12-3-2-4-13-27)15-22(18)23(28)25-16-19-6-8-20(9-7-19)26-14-11-24-17-26/h5-11,14-15,17H,2-4,12-13,16H2,1H3,(H,25,28). The number of nitrogens with one attached hydrogen (secondary N) is 1. The van der Waals surface area contributed by atoms with E-state index in [1.807, 2.05) is 42.0 Å². The van der Waals surface area contributed by atoms with Crippen molar-refractivity contribution < 1.29 is 13.2 Å². The molecule has 0 aliphatic carbocycles. The largest absolute Gasteiger partial charge is 0.348 e. The van der Waals surface area contributed by atoms with E-state index in [4.69, 9.17) is 0 Å². The van der Waals surface area contributed by atoms with E-state index in [1.54, 1.807) is 24.7 Å². The highest BCUT2D eigenvalue weighted by Crippen LogP contribution is 2.23. The van der Waals surface area contributed by atoms with Gasteiger partial charge in [0.2, 0.25) is 10.0 Å². The summed E-state index contributed by atoms with van der Waals surface area (Å²) >= 11 is 0. The third-order valence-corrected chi connectivity index (χ3v) is 7.49. The van der Waals surface area contributed by atoms with Crippen molar-refractivity contribution in [2.24, 2.45) is 0 Å². The van der Waals surface area contributed by atoms with Crippen LogP contribution in [0.2, 0.25) is 0 Å². The van der Waals surface area contributed by atoms with Gasteiger partial charge in [-0.1, -0.05) is 24.6 Å². The molecule has 162 valence electrons. The van der Waals surface area contributed by atoms with Gasteiger partial charge in [-0.25, -0.2) is 13.4 Å². The van der Waals surface area contributed by atoms with Crippen molar-refractivity contribution in [2.75, 3.05) is 13.1 Å². The maximum Gasteiger partial charge on any atom is 0.251 e. The quantitative estimate of drug-likeness (QED) is 0.640. The second kappa shape index (κ2) is 9.03. The molecule has 1 aromatic heterocycles. The summed E-state index contributed by atoms with van der Waals surface area (Å²) < 4.78 is 29.4. The summed E-state index contributed by atoms with van der Waals surface area (Å²) in [5, 5.41) is 2.90. The molecule has 0 bridgehead atoms. The van der Waals surface area contributed by atoms with Crippen LogP contribution in [-0.4, -0.2) is 41.3 Å². The molecule has 0 saturated carbocycles. The Kier molecular flexibility index (Phi) is 6.20. The van der Waals surface area contributed by atoms with E-state index in [1.165, 1.54) is 10.4 Å². The monoisotopic (exact) mass is 438 g/mol. The van der Waals surface area contributed by atoms with Crippen LogP contribution in [0.15, 0.2) is 66.1 Å². The summed E-state index contributed by atoms with van der Waals surface area (Å²) in [6.45, 7) is 3.23. The lowest BCUT2D eigenvalue weighted by Gasteiger charge is -2.26. The van der Waals surface area contributed by atoms with Gasteiger partial charge in [0, 0.05) is 43.3 Å². The van der Waals surface area contributed by atoms with Crippen LogP contribution in [0.4, 0.5) is 0 Å². The molecule has 0 atom stereocenters. The Bertz CT molecular complexity index is 1150. The third kappa shape index (κ3) is 4.70. The van der Waals surface area contributed by atoms with Gasteiger partial charge < -0.3 is 9.88 Å². The predicted octanol–water partition coefficient (Wildman–Crippen LogP) is 3.29.